The van der Waals surface area contributed by atoms with Crippen LogP contribution in [0.15, 0.2) is 46.8 Å². The molecule has 0 amide bonds. The van der Waals surface area contributed by atoms with Gasteiger partial charge in [-0.15, -0.1) is 0 Å². The van der Waals surface area contributed by atoms with E-state index in [-0.39, 0.29) is 16.8 Å². The van der Waals surface area contributed by atoms with Crippen molar-refractivity contribution in [2.45, 2.75) is 16.8 Å². The lowest BCUT2D eigenvalue weighted by atomic mass is 10.5. The minimum Gasteiger partial charge on any atom is -0.382 e. The highest BCUT2D eigenvalue weighted by Crippen LogP contribution is 2.36. The molecule has 4 aromatic heterocycles. The third-order valence-electron chi connectivity index (χ3n) is 3.65. The number of hydrogen-bond acceptors (Lipinski definition) is 11. The van der Waals surface area contributed by atoms with Gasteiger partial charge >= 0.3 is 0 Å². The smallest absolute Gasteiger partial charge is 0.158 e. The number of rotatable bonds is 2. The number of hydrogen-bond donors (Lipinski definition) is 4. The van der Waals surface area contributed by atoms with Crippen LogP contribution < -0.4 is 22.9 Å². The number of halogens is 5. The molecule has 0 fully saturated rings. The van der Waals surface area contributed by atoms with Gasteiger partial charge in [-0.1, -0.05) is 58.2 Å². The molecule has 0 radical (unpaired) electrons. The maximum absolute atomic E-state index is 6.00. The minimum atomic E-state index is 0.243. The van der Waals surface area contributed by atoms with E-state index in [2.05, 4.69) is 52.5 Å². The predicted octanol–water partition coefficient (Wildman–Crippen LogP) is 5.44. The lowest BCUT2D eigenvalue weighted by Gasteiger charge is -2.06. The lowest BCUT2D eigenvalue weighted by Crippen LogP contribution is -1.97. The highest BCUT2D eigenvalue weighted by atomic mass is 127. The fraction of sp³-hybridized carbons (Fsp3) is 0.0526. The molecule has 0 unspecified atom stereocenters. The maximum atomic E-state index is 6.00. The fourth-order valence-corrected chi connectivity index (χ4v) is 3.79. The van der Waals surface area contributed by atoms with Gasteiger partial charge in [-0.2, -0.15) is 0 Å². The Hall–Kier alpha value is -2.10. The first-order valence-electron chi connectivity index (χ1n) is 9.15. The van der Waals surface area contributed by atoms with Crippen LogP contribution in [0.5, 0.6) is 0 Å². The Balaban J connectivity index is 0.000000203. The number of nitrogens with two attached hydrogens (primary N) is 4. The third kappa shape index (κ3) is 9.13. The summed E-state index contributed by atoms with van der Waals surface area (Å²) in [4.78, 5) is 23.9. The summed E-state index contributed by atoms with van der Waals surface area (Å²) < 4.78 is 0.932. The van der Waals surface area contributed by atoms with E-state index in [0.717, 1.165) is 3.57 Å². The molecular weight excluding hydrogens is 669 g/mol. The van der Waals surface area contributed by atoms with E-state index in [9.17, 15) is 0 Å². The standard InChI is InChI=1S/C9H7Cl2N5S.C5H4ClIN2.C5H6ClN3/c10-5-3-15-9(8(13)16-5)17-4-1-2-14-7(12)6(4)11;6-4-3(7)1-2-9-5(4)8;1-3-5(7)9-4(6)2-8-3/h1-3H,(H2,12,14)(H2,13,16);1-2H,(H2,8,9);2H,1H3,(H2,7,9). The van der Waals surface area contributed by atoms with Crippen LogP contribution in [0.25, 0.3) is 0 Å². The number of anilines is 4. The first-order valence-corrected chi connectivity index (χ1v) is 12.6. The van der Waals surface area contributed by atoms with Crippen LogP contribution in [0.1, 0.15) is 5.69 Å². The number of nitrogens with zero attached hydrogens (tertiary/aromatic N) is 6. The molecule has 10 nitrogen and oxygen atoms in total. The Labute approximate surface area is 238 Å². The second kappa shape index (κ2) is 13.8. The second-order valence-corrected chi connectivity index (χ2v) is 9.87. The van der Waals surface area contributed by atoms with E-state index < -0.39 is 0 Å². The lowest BCUT2D eigenvalue weighted by molar-refractivity contribution is 1.07. The molecule has 0 atom stereocenters. The van der Waals surface area contributed by atoms with Gasteiger partial charge in [0.1, 0.15) is 32.8 Å². The van der Waals surface area contributed by atoms with Crippen molar-refractivity contribution in [2.75, 3.05) is 22.9 Å². The van der Waals surface area contributed by atoms with Crippen LogP contribution in [0, 0.1) is 10.5 Å². The molecule has 35 heavy (non-hydrogen) atoms. The molecule has 8 N–H and O–H groups in total. The summed E-state index contributed by atoms with van der Waals surface area (Å²) in [5.41, 5.74) is 22.7. The van der Waals surface area contributed by atoms with E-state index >= 15 is 0 Å². The molecule has 184 valence electrons. The van der Waals surface area contributed by atoms with Gasteiger partial charge in [-0.05, 0) is 41.6 Å². The zero-order valence-corrected chi connectivity index (χ0v) is 23.8. The Bertz CT molecular complexity index is 1290. The van der Waals surface area contributed by atoms with Crippen LogP contribution in [0.4, 0.5) is 23.3 Å². The first kappa shape index (κ1) is 29.1. The summed E-state index contributed by atoms with van der Waals surface area (Å²) in [6, 6.07) is 3.53. The zero-order valence-electron chi connectivity index (χ0n) is 17.8. The monoisotopic (exact) mass is 684 g/mol. The van der Waals surface area contributed by atoms with Crippen molar-refractivity contribution < 1.29 is 0 Å². The Morgan fingerprint density at radius 1 is 0.714 bits per heavy atom. The SMILES string of the molecule is Cc1ncc(Cl)nc1N.Nc1nc(Cl)cnc1Sc1ccnc(N)c1Cl.Nc1nccc(I)c1Cl. The number of aryl methyl sites for hydroxylation is 1. The molecular formula is C19H17Cl4IN10S. The predicted molar refractivity (Wildman–Crippen MR) is 152 cm³/mol. The highest BCUT2D eigenvalue weighted by molar-refractivity contribution is 14.1. The van der Waals surface area contributed by atoms with Gasteiger partial charge in [0.15, 0.2) is 5.82 Å². The molecule has 4 aromatic rings. The quantitative estimate of drug-likeness (QED) is 0.197. The van der Waals surface area contributed by atoms with E-state index in [1.54, 1.807) is 31.5 Å². The van der Waals surface area contributed by atoms with E-state index in [1.165, 1.54) is 24.2 Å². The molecule has 0 saturated carbocycles. The van der Waals surface area contributed by atoms with Crippen molar-refractivity contribution in [1.82, 2.24) is 29.9 Å². The van der Waals surface area contributed by atoms with E-state index in [0.29, 0.717) is 42.4 Å². The summed E-state index contributed by atoms with van der Waals surface area (Å²) in [5.74, 6) is 1.29. The third-order valence-corrected chi connectivity index (χ3v) is 7.21. The highest BCUT2D eigenvalue weighted by Gasteiger charge is 2.10. The normalized spacial score (nSPS) is 10.0. The van der Waals surface area contributed by atoms with Crippen LogP contribution >= 0.6 is 80.8 Å². The molecule has 16 heteroatoms. The minimum absolute atomic E-state index is 0.243. The van der Waals surface area contributed by atoms with Crippen molar-refractivity contribution in [3.63, 3.8) is 0 Å². The largest absolute Gasteiger partial charge is 0.382 e. The molecule has 0 spiro atoms. The summed E-state index contributed by atoms with van der Waals surface area (Å²) >= 11 is 26.2. The fourth-order valence-electron chi connectivity index (χ4n) is 1.95. The number of nitrogen functional groups attached to an aromatic ring is 4. The number of aromatic nitrogens is 6. The number of pyridine rings is 2. The van der Waals surface area contributed by atoms with Gasteiger partial charge in [0.05, 0.1) is 28.1 Å². The maximum Gasteiger partial charge on any atom is 0.158 e. The summed E-state index contributed by atoms with van der Waals surface area (Å²) in [5, 5.41) is 2.00. The average molecular weight is 686 g/mol. The van der Waals surface area contributed by atoms with E-state index in [4.69, 9.17) is 69.3 Å². The van der Waals surface area contributed by atoms with E-state index in [1.807, 2.05) is 0 Å². The average Bonchev–Trinajstić information content (AvgIpc) is 2.80. The second-order valence-electron chi connectivity index (χ2n) is 6.15. The van der Waals surface area contributed by atoms with Crippen molar-refractivity contribution in [2.24, 2.45) is 0 Å². The summed E-state index contributed by atoms with van der Waals surface area (Å²) in [6.07, 6.45) is 6.07. The van der Waals surface area contributed by atoms with Gasteiger partial charge in [0.2, 0.25) is 0 Å². The van der Waals surface area contributed by atoms with Crippen molar-refractivity contribution in [3.8, 4) is 0 Å². The van der Waals surface area contributed by atoms with Crippen LogP contribution in [0.2, 0.25) is 20.4 Å². The van der Waals surface area contributed by atoms with Gasteiger partial charge in [0.25, 0.3) is 0 Å². The molecule has 0 aliphatic carbocycles. The van der Waals surface area contributed by atoms with Gasteiger partial charge in [-0.25, -0.2) is 24.9 Å². The molecule has 0 aliphatic heterocycles. The molecule has 4 rings (SSSR count). The molecule has 0 aliphatic rings. The Morgan fingerprint density at radius 3 is 1.77 bits per heavy atom. The van der Waals surface area contributed by atoms with Gasteiger partial charge in [-0.3, -0.25) is 4.98 Å². The molecule has 4 heterocycles. The van der Waals surface area contributed by atoms with Crippen LogP contribution in [-0.4, -0.2) is 29.9 Å². The van der Waals surface area contributed by atoms with Crippen LogP contribution in [0.3, 0.4) is 0 Å². The summed E-state index contributed by atoms with van der Waals surface area (Å²) in [6.45, 7) is 1.78. The zero-order chi connectivity index (χ0) is 26.1. The Morgan fingerprint density at radius 2 is 1.26 bits per heavy atom. The van der Waals surface area contributed by atoms with Crippen molar-refractivity contribution in [3.05, 3.63) is 66.5 Å². The molecule has 0 bridgehead atoms. The summed E-state index contributed by atoms with van der Waals surface area (Å²) in [7, 11) is 0. The first-order chi connectivity index (χ1) is 16.5. The van der Waals surface area contributed by atoms with Gasteiger partial charge in [0, 0.05) is 20.9 Å². The molecule has 0 saturated heterocycles. The molecule has 0 aromatic carbocycles. The topological polar surface area (TPSA) is 181 Å². The van der Waals surface area contributed by atoms with Gasteiger partial charge < -0.3 is 22.9 Å². The van der Waals surface area contributed by atoms with Crippen molar-refractivity contribution in [1.29, 1.82) is 0 Å². The van der Waals surface area contributed by atoms with Crippen LogP contribution in [-0.2, 0) is 0 Å². The van der Waals surface area contributed by atoms with Crippen molar-refractivity contribution >= 4 is 104 Å². The Kier molecular flexibility index (Phi) is 11.5.